The number of nitrogens with two attached hydrogens (primary N) is 1. The second-order valence-electron chi connectivity index (χ2n) is 11.0. The minimum Gasteiger partial charge on any atom is -0.491 e. The molecule has 3 aromatic carbocycles. The van der Waals surface area contributed by atoms with Gasteiger partial charge in [0.2, 0.25) is 5.91 Å². The summed E-state index contributed by atoms with van der Waals surface area (Å²) in [6.07, 6.45) is 5.11. The number of ether oxygens (including phenoxy) is 1. The fraction of sp³-hybridized carbons (Fsp3) is 0.265. The maximum atomic E-state index is 13.3. The summed E-state index contributed by atoms with van der Waals surface area (Å²) in [4.78, 5) is 44.8. The van der Waals surface area contributed by atoms with Crippen molar-refractivity contribution in [2.45, 2.75) is 45.2 Å². The number of carbonyl (C=O) groups is 3. The summed E-state index contributed by atoms with van der Waals surface area (Å²) in [6.45, 7) is 4.14. The Morgan fingerprint density at radius 1 is 0.932 bits per heavy atom. The van der Waals surface area contributed by atoms with Gasteiger partial charge in [-0.2, -0.15) is 0 Å². The van der Waals surface area contributed by atoms with Gasteiger partial charge in [0.15, 0.2) is 0 Å². The van der Waals surface area contributed by atoms with Crippen LogP contribution in [0.4, 0.5) is 5.69 Å². The van der Waals surface area contributed by atoms with Crippen LogP contribution in [0.2, 0.25) is 0 Å². The molecule has 0 aliphatic rings. The summed E-state index contributed by atoms with van der Waals surface area (Å²) in [6, 6.07) is 18.3. The smallest absolute Gasteiger partial charge is 0.326 e. The second kappa shape index (κ2) is 13.5. The van der Waals surface area contributed by atoms with Crippen LogP contribution in [0.15, 0.2) is 79.1 Å². The van der Waals surface area contributed by atoms with E-state index >= 15 is 0 Å². The highest BCUT2D eigenvalue weighted by atomic mass is 16.5. The van der Waals surface area contributed by atoms with E-state index in [0.717, 1.165) is 39.4 Å². The Morgan fingerprint density at radius 3 is 2.23 bits per heavy atom. The monoisotopic (exact) mass is 595 g/mol. The zero-order valence-corrected chi connectivity index (χ0v) is 24.7. The fourth-order valence-corrected chi connectivity index (χ4v) is 5.19. The lowest BCUT2D eigenvalue weighted by Crippen LogP contribution is -2.42. The molecule has 0 aliphatic heterocycles. The third-order valence-corrected chi connectivity index (χ3v) is 8.07. The average molecular weight is 596 g/mol. The van der Waals surface area contributed by atoms with E-state index in [0.29, 0.717) is 12.1 Å². The van der Waals surface area contributed by atoms with E-state index in [1.165, 1.54) is 12.1 Å². The highest BCUT2D eigenvalue weighted by Gasteiger charge is 2.24. The first-order chi connectivity index (χ1) is 21.2. The number of fused-ring (bicyclic) bond motifs is 2. The van der Waals surface area contributed by atoms with Crippen molar-refractivity contribution in [2.75, 3.05) is 11.9 Å². The number of rotatable bonds is 13. The summed E-state index contributed by atoms with van der Waals surface area (Å²) in [5.41, 5.74) is 10.5. The number of amides is 2. The normalized spacial score (nSPS) is 13.3. The molecule has 2 heterocycles. The highest BCUT2D eigenvalue weighted by Crippen LogP contribution is 2.28. The van der Waals surface area contributed by atoms with E-state index in [1.54, 1.807) is 12.3 Å². The summed E-state index contributed by atoms with van der Waals surface area (Å²) >= 11 is 0. The number of aromatic nitrogens is 2. The molecule has 5 rings (SSSR count). The molecule has 3 atom stereocenters. The Hall–Kier alpha value is -5.09. The number of carboxylic acids is 1. The van der Waals surface area contributed by atoms with Crippen molar-refractivity contribution in [3.8, 4) is 5.75 Å². The third kappa shape index (κ3) is 6.76. The molecule has 0 spiro atoms. The van der Waals surface area contributed by atoms with Crippen molar-refractivity contribution in [2.24, 2.45) is 11.7 Å². The van der Waals surface area contributed by atoms with Crippen LogP contribution in [-0.4, -0.2) is 51.5 Å². The number of aromatic amines is 2. The van der Waals surface area contributed by atoms with Gasteiger partial charge in [-0.05, 0) is 47.4 Å². The van der Waals surface area contributed by atoms with Crippen LogP contribution in [0.3, 0.4) is 0 Å². The number of aliphatic carboxylic acids is 1. The van der Waals surface area contributed by atoms with Crippen LogP contribution < -0.4 is 21.1 Å². The topological polar surface area (TPSA) is 162 Å². The van der Waals surface area contributed by atoms with E-state index in [1.807, 2.05) is 68.6 Å². The minimum atomic E-state index is -1.17. The lowest BCUT2D eigenvalue weighted by molar-refractivity contribution is -0.139. The number of carbonyl (C=O) groups excluding carboxylic acids is 2. The summed E-state index contributed by atoms with van der Waals surface area (Å²) in [5.74, 6) is -1.83. The Morgan fingerprint density at radius 2 is 1.57 bits per heavy atom. The lowest BCUT2D eigenvalue weighted by Gasteiger charge is -2.20. The van der Waals surface area contributed by atoms with E-state index in [9.17, 15) is 19.5 Å². The Labute approximate surface area is 255 Å². The molecule has 0 saturated carbocycles. The number of hydrogen-bond donors (Lipinski definition) is 6. The SMILES string of the molecule is CC[C@H](C)[C@H](N)C(=O)Nc1ccc(C(=O)N[C@@H](Cc2c[nH]c3ccccc23)C(=O)O)cc1OCCc1c[nH]c2ccccc12. The zero-order valence-electron chi connectivity index (χ0n) is 24.7. The van der Waals surface area contributed by atoms with Crippen molar-refractivity contribution in [1.82, 2.24) is 15.3 Å². The van der Waals surface area contributed by atoms with Gasteiger partial charge >= 0.3 is 5.97 Å². The van der Waals surface area contributed by atoms with Crippen LogP contribution in [0.1, 0.15) is 41.8 Å². The van der Waals surface area contributed by atoms with Crippen LogP contribution in [0, 0.1) is 5.92 Å². The number of benzene rings is 3. The van der Waals surface area contributed by atoms with Crippen LogP contribution in [0.5, 0.6) is 5.75 Å². The Balaban J connectivity index is 1.35. The molecule has 0 saturated heterocycles. The van der Waals surface area contributed by atoms with E-state index < -0.39 is 24.0 Å². The molecule has 7 N–H and O–H groups in total. The van der Waals surface area contributed by atoms with Gasteiger partial charge in [-0.15, -0.1) is 0 Å². The molecule has 228 valence electrons. The second-order valence-corrected chi connectivity index (χ2v) is 11.0. The van der Waals surface area contributed by atoms with Crippen LogP contribution >= 0.6 is 0 Å². The van der Waals surface area contributed by atoms with Crippen molar-refractivity contribution in [3.05, 3.63) is 95.8 Å². The van der Waals surface area contributed by atoms with E-state index in [-0.39, 0.29) is 36.2 Å². The van der Waals surface area contributed by atoms with Gasteiger partial charge in [0.05, 0.1) is 18.3 Å². The first-order valence-corrected chi connectivity index (χ1v) is 14.7. The summed E-state index contributed by atoms with van der Waals surface area (Å²) < 4.78 is 6.13. The predicted molar refractivity (Wildman–Crippen MR) is 171 cm³/mol. The van der Waals surface area contributed by atoms with Gasteiger partial charge in [0.25, 0.3) is 5.91 Å². The maximum absolute atomic E-state index is 13.3. The highest BCUT2D eigenvalue weighted by molar-refractivity contribution is 6.00. The zero-order chi connectivity index (χ0) is 31.2. The lowest BCUT2D eigenvalue weighted by atomic mass is 9.99. The Kier molecular flexibility index (Phi) is 9.30. The molecule has 10 nitrogen and oxygen atoms in total. The summed E-state index contributed by atoms with van der Waals surface area (Å²) in [7, 11) is 0. The number of nitrogens with one attached hydrogen (secondary N) is 4. The maximum Gasteiger partial charge on any atom is 0.326 e. The van der Waals surface area contributed by atoms with Gasteiger partial charge in [0, 0.05) is 52.6 Å². The number of hydrogen-bond acceptors (Lipinski definition) is 5. The van der Waals surface area contributed by atoms with Crippen molar-refractivity contribution in [1.29, 1.82) is 0 Å². The molecule has 2 aromatic heterocycles. The standard InChI is InChI=1S/C34H37N5O5/c1-3-20(2)31(35)33(41)38-28-13-12-21(17-30(28)44-15-14-22-18-36-26-10-6-4-8-24(22)26)32(40)39-29(34(42)43)16-23-19-37-27-11-7-5-9-25(23)27/h4-13,17-20,29,31,36-37H,3,14-16,35H2,1-2H3,(H,38,41)(H,39,40)(H,42,43)/t20-,29-,31-/m0/s1. The van der Waals surface area contributed by atoms with E-state index in [2.05, 4.69) is 20.6 Å². The molecule has 0 bridgehead atoms. The number of H-pyrrole nitrogens is 2. The number of anilines is 1. The predicted octanol–water partition coefficient (Wildman–Crippen LogP) is 5.01. The third-order valence-electron chi connectivity index (χ3n) is 8.07. The van der Waals surface area contributed by atoms with Crippen molar-refractivity contribution >= 4 is 45.3 Å². The largest absolute Gasteiger partial charge is 0.491 e. The van der Waals surface area contributed by atoms with Crippen LogP contribution in [0.25, 0.3) is 21.8 Å². The first kappa shape index (κ1) is 30.4. The molecule has 5 aromatic rings. The average Bonchev–Trinajstić information content (AvgIpc) is 3.64. The molecule has 0 radical (unpaired) electrons. The van der Waals surface area contributed by atoms with Gasteiger partial charge in [-0.1, -0.05) is 56.7 Å². The fourth-order valence-electron chi connectivity index (χ4n) is 5.19. The van der Waals surface area contributed by atoms with Crippen LogP contribution in [-0.2, 0) is 22.4 Å². The molecule has 0 fully saturated rings. The summed E-state index contributed by atoms with van der Waals surface area (Å²) in [5, 5.41) is 17.4. The van der Waals surface area contributed by atoms with Gasteiger partial charge < -0.3 is 36.2 Å². The molecule has 10 heteroatoms. The molecule has 0 unspecified atom stereocenters. The van der Waals surface area contributed by atoms with E-state index in [4.69, 9.17) is 10.5 Å². The van der Waals surface area contributed by atoms with Gasteiger partial charge in [-0.3, -0.25) is 9.59 Å². The molecular weight excluding hydrogens is 558 g/mol. The van der Waals surface area contributed by atoms with Gasteiger partial charge in [0.1, 0.15) is 11.8 Å². The molecular formula is C34H37N5O5. The van der Waals surface area contributed by atoms with Crippen molar-refractivity contribution in [3.63, 3.8) is 0 Å². The van der Waals surface area contributed by atoms with Crippen molar-refractivity contribution < 1.29 is 24.2 Å². The molecule has 2 amide bonds. The van der Waals surface area contributed by atoms with Gasteiger partial charge in [-0.25, -0.2) is 4.79 Å². The molecule has 0 aliphatic carbocycles. The number of carboxylic acid groups (broad SMARTS) is 1. The Bertz CT molecular complexity index is 1790. The number of para-hydroxylation sites is 2. The molecule has 44 heavy (non-hydrogen) atoms. The minimum absolute atomic E-state index is 0.0311. The quantitative estimate of drug-likeness (QED) is 0.112. The first-order valence-electron chi connectivity index (χ1n) is 14.7.